The Bertz CT molecular complexity index is 599. The molecule has 1 atom stereocenters. The number of rotatable bonds is 2. The van der Waals surface area contributed by atoms with Crippen LogP contribution in [0, 0.1) is 5.41 Å². The van der Waals surface area contributed by atoms with Crippen molar-refractivity contribution in [1.82, 2.24) is 4.98 Å². The summed E-state index contributed by atoms with van der Waals surface area (Å²) in [6.07, 6.45) is 5.41. The highest BCUT2D eigenvalue weighted by atomic mass is 32.2. The second kappa shape index (κ2) is 5.02. The third-order valence-electron chi connectivity index (χ3n) is 3.22. The molecule has 1 unspecified atom stereocenters. The van der Waals surface area contributed by atoms with Crippen LogP contribution in [0.4, 0.5) is 5.69 Å². The molecule has 3 nitrogen and oxygen atoms in total. The fraction of sp³-hybridized carbons (Fsp3) is 0.312. The zero-order chi connectivity index (χ0) is 14.2. The minimum Gasteiger partial charge on any atom is -0.443 e. The van der Waals surface area contributed by atoms with Crippen LogP contribution in [0.5, 0.6) is 0 Å². The molecule has 0 saturated carbocycles. The van der Waals surface area contributed by atoms with E-state index >= 15 is 0 Å². The molecule has 2 heterocycles. The van der Waals surface area contributed by atoms with E-state index in [0.717, 1.165) is 10.7 Å². The first-order chi connectivity index (χ1) is 9.55. The van der Waals surface area contributed by atoms with E-state index < -0.39 is 0 Å². The normalized spacial score (nSPS) is 19.2. The summed E-state index contributed by atoms with van der Waals surface area (Å²) in [7, 11) is 0. The summed E-state index contributed by atoms with van der Waals surface area (Å²) in [6.45, 7) is 6.79. The molecule has 4 heteroatoms. The first-order valence-electron chi connectivity index (χ1n) is 6.66. The second-order valence-corrected chi connectivity index (χ2v) is 7.06. The van der Waals surface area contributed by atoms with Crippen molar-refractivity contribution in [2.75, 3.05) is 4.90 Å². The van der Waals surface area contributed by atoms with Crippen molar-refractivity contribution in [2.45, 2.75) is 26.1 Å². The Morgan fingerprint density at radius 2 is 1.95 bits per heavy atom. The van der Waals surface area contributed by atoms with Crippen LogP contribution in [0.25, 0.3) is 4.91 Å². The summed E-state index contributed by atoms with van der Waals surface area (Å²) < 4.78 is 5.44. The van der Waals surface area contributed by atoms with Gasteiger partial charge in [-0.05, 0) is 17.5 Å². The van der Waals surface area contributed by atoms with Crippen LogP contribution in [-0.2, 0) is 0 Å². The molecule has 104 valence electrons. The fourth-order valence-corrected chi connectivity index (χ4v) is 3.55. The van der Waals surface area contributed by atoms with E-state index in [9.17, 15) is 0 Å². The van der Waals surface area contributed by atoms with Crippen LogP contribution in [0.15, 0.2) is 53.5 Å². The number of oxazole rings is 1. The van der Waals surface area contributed by atoms with Gasteiger partial charge in [0, 0.05) is 11.9 Å². The lowest BCUT2D eigenvalue weighted by Crippen LogP contribution is -2.35. The van der Waals surface area contributed by atoms with Gasteiger partial charge in [-0.25, -0.2) is 4.98 Å². The van der Waals surface area contributed by atoms with Crippen LogP contribution >= 0.6 is 11.8 Å². The Labute approximate surface area is 123 Å². The monoisotopic (exact) mass is 286 g/mol. The molecule has 3 rings (SSSR count). The van der Waals surface area contributed by atoms with Gasteiger partial charge in [-0.2, -0.15) is 0 Å². The van der Waals surface area contributed by atoms with Gasteiger partial charge in [-0.15, -0.1) is 0 Å². The van der Waals surface area contributed by atoms with Gasteiger partial charge in [0.15, 0.2) is 12.2 Å². The summed E-state index contributed by atoms with van der Waals surface area (Å²) in [5.74, 6) is 0.836. The minimum atomic E-state index is 0.152. The molecule has 1 aliphatic rings. The van der Waals surface area contributed by atoms with Crippen LogP contribution in [-0.4, -0.2) is 10.4 Å². The average molecular weight is 286 g/mol. The number of hydrogen-bond donors (Lipinski definition) is 0. The number of benzene rings is 1. The van der Waals surface area contributed by atoms with Crippen molar-refractivity contribution >= 4 is 22.4 Å². The topological polar surface area (TPSA) is 29.3 Å². The van der Waals surface area contributed by atoms with E-state index in [0.29, 0.717) is 5.37 Å². The standard InChI is InChI=1S/C16H18N2OS/c1-16(2,3)15-18(12-7-5-4-6-8-12)10-14(20-15)13-9-17-11-19-13/h4-11,15H,1-3H3. The van der Waals surface area contributed by atoms with E-state index in [1.165, 1.54) is 12.1 Å². The molecule has 0 bridgehead atoms. The number of para-hydroxylation sites is 1. The van der Waals surface area contributed by atoms with Crippen molar-refractivity contribution < 1.29 is 4.42 Å². The van der Waals surface area contributed by atoms with Gasteiger partial charge in [0.05, 0.1) is 16.5 Å². The molecule has 0 radical (unpaired) electrons. The van der Waals surface area contributed by atoms with Gasteiger partial charge in [0.1, 0.15) is 0 Å². The van der Waals surface area contributed by atoms with Gasteiger partial charge in [-0.3, -0.25) is 0 Å². The van der Waals surface area contributed by atoms with Crippen LogP contribution in [0.3, 0.4) is 0 Å². The smallest absolute Gasteiger partial charge is 0.181 e. The summed E-state index contributed by atoms with van der Waals surface area (Å²) in [5.41, 5.74) is 1.35. The Hall–Kier alpha value is -1.68. The van der Waals surface area contributed by atoms with Gasteiger partial charge < -0.3 is 9.32 Å². The second-order valence-electron chi connectivity index (χ2n) is 5.94. The lowest BCUT2D eigenvalue weighted by atomic mass is 9.95. The van der Waals surface area contributed by atoms with E-state index in [-0.39, 0.29) is 5.41 Å². The van der Waals surface area contributed by atoms with Crippen molar-refractivity contribution in [2.24, 2.45) is 5.41 Å². The third kappa shape index (κ3) is 2.48. The first-order valence-corrected chi connectivity index (χ1v) is 7.54. The van der Waals surface area contributed by atoms with E-state index in [1.54, 1.807) is 6.20 Å². The first kappa shape index (κ1) is 13.3. The molecule has 1 aromatic carbocycles. The Kier molecular flexibility index (Phi) is 3.34. The summed E-state index contributed by atoms with van der Waals surface area (Å²) in [4.78, 5) is 7.47. The Morgan fingerprint density at radius 3 is 2.55 bits per heavy atom. The summed E-state index contributed by atoms with van der Waals surface area (Å²) in [6, 6.07) is 10.5. The van der Waals surface area contributed by atoms with E-state index in [2.05, 4.69) is 61.1 Å². The quantitative estimate of drug-likeness (QED) is 0.807. The molecule has 0 N–H and O–H groups in total. The van der Waals surface area contributed by atoms with Gasteiger partial charge in [0.25, 0.3) is 0 Å². The molecule has 2 aromatic rings. The lowest BCUT2D eigenvalue weighted by molar-refractivity contribution is 0.398. The molecule has 0 fully saturated rings. The number of thioether (sulfide) groups is 1. The highest BCUT2D eigenvalue weighted by Crippen LogP contribution is 2.48. The SMILES string of the molecule is CC(C)(C)C1SC(c2cnco2)=CN1c1ccccc1. The third-order valence-corrected chi connectivity index (χ3v) is 4.94. The van der Waals surface area contributed by atoms with Crippen molar-refractivity contribution in [3.63, 3.8) is 0 Å². The lowest BCUT2D eigenvalue weighted by Gasteiger charge is -2.35. The predicted molar refractivity (Wildman–Crippen MR) is 84.2 cm³/mol. The highest BCUT2D eigenvalue weighted by Gasteiger charge is 2.36. The minimum absolute atomic E-state index is 0.152. The highest BCUT2D eigenvalue weighted by molar-refractivity contribution is 8.09. The molecule has 0 spiro atoms. The molecule has 1 aliphatic heterocycles. The number of hydrogen-bond acceptors (Lipinski definition) is 4. The van der Waals surface area contributed by atoms with Gasteiger partial charge in [0.2, 0.25) is 0 Å². The molecule has 0 saturated heterocycles. The molecule has 20 heavy (non-hydrogen) atoms. The Balaban J connectivity index is 1.99. The molecule has 0 amide bonds. The maximum absolute atomic E-state index is 5.44. The van der Waals surface area contributed by atoms with Crippen molar-refractivity contribution in [3.05, 3.63) is 54.9 Å². The van der Waals surface area contributed by atoms with E-state index in [1.807, 2.05) is 17.8 Å². The molecule has 0 aliphatic carbocycles. The maximum Gasteiger partial charge on any atom is 0.181 e. The number of nitrogens with zero attached hydrogens (tertiary/aromatic N) is 2. The van der Waals surface area contributed by atoms with Crippen LogP contribution in [0.2, 0.25) is 0 Å². The zero-order valence-corrected chi connectivity index (χ0v) is 12.7. The molecule has 1 aromatic heterocycles. The van der Waals surface area contributed by atoms with Crippen LogP contribution in [0.1, 0.15) is 26.5 Å². The molecular weight excluding hydrogens is 268 g/mol. The molecular formula is C16H18N2OS. The van der Waals surface area contributed by atoms with Gasteiger partial charge >= 0.3 is 0 Å². The Morgan fingerprint density at radius 1 is 1.20 bits per heavy atom. The average Bonchev–Trinajstić information content (AvgIpc) is 3.08. The number of anilines is 1. The fourth-order valence-electron chi connectivity index (χ4n) is 2.26. The summed E-state index contributed by atoms with van der Waals surface area (Å²) >= 11 is 1.83. The van der Waals surface area contributed by atoms with Gasteiger partial charge in [-0.1, -0.05) is 50.7 Å². The van der Waals surface area contributed by atoms with Crippen molar-refractivity contribution in [1.29, 1.82) is 0 Å². The zero-order valence-electron chi connectivity index (χ0n) is 11.9. The predicted octanol–water partition coefficient (Wildman–Crippen LogP) is 4.60. The van der Waals surface area contributed by atoms with Crippen molar-refractivity contribution in [3.8, 4) is 0 Å². The summed E-state index contributed by atoms with van der Waals surface area (Å²) in [5, 5.41) is 0.338. The number of aromatic nitrogens is 1. The van der Waals surface area contributed by atoms with Crippen LogP contribution < -0.4 is 4.90 Å². The maximum atomic E-state index is 5.44. The van der Waals surface area contributed by atoms with E-state index in [4.69, 9.17) is 4.42 Å². The largest absolute Gasteiger partial charge is 0.443 e.